The Morgan fingerprint density at radius 2 is 2.35 bits per heavy atom. The third kappa shape index (κ3) is 4.03. The zero-order chi connectivity index (χ0) is 12.8. The van der Waals surface area contributed by atoms with Crippen molar-refractivity contribution in [3.05, 3.63) is 27.7 Å². The Kier molecular flexibility index (Phi) is 5.46. The quantitative estimate of drug-likeness (QED) is 0.913. The van der Waals surface area contributed by atoms with Crippen molar-refractivity contribution in [1.29, 1.82) is 5.26 Å². The van der Waals surface area contributed by atoms with Crippen molar-refractivity contribution in [3.8, 4) is 6.07 Å². The third-order valence-electron chi connectivity index (χ3n) is 2.24. The molecule has 1 unspecified atom stereocenters. The zero-order valence-electron chi connectivity index (χ0n) is 9.34. The number of halogens is 2. The van der Waals surface area contributed by atoms with Crippen molar-refractivity contribution in [2.24, 2.45) is 5.92 Å². The molecule has 17 heavy (non-hydrogen) atoms. The largest absolute Gasteiger partial charge is 0.324 e. The third-order valence-corrected chi connectivity index (χ3v) is 3.16. The number of nitrogens with one attached hydrogen (secondary N) is 1. The highest BCUT2D eigenvalue weighted by Gasteiger charge is 2.17. The number of carbonyl (C=O) groups is 1. The van der Waals surface area contributed by atoms with Crippen LogP contribution in [0.2, 0.25) is 5.02 Å². The molecule has 0 bridgehead atoms. The Morgan fingerprint density at radius 3 is 2.94 bits per heavy atom. The molecule has 0 aliphatic heterocycles. The van der Waals surface area contributed by atoms with Crippen LogP contribution < -0.4 is 5.32 Å². The molecule has 0 radical (unpaired) electrons. The number of nitriles is 1. The van der Waals surface area contributed by atoms with Gasteiger partial charge in [0, 0.05) is 9.50 Å². The van der Waals surface area contributed by atoms with E-state index in [0.29, 0.717) is 17.1 Å². The van der Waals surface area contributed by atoms with Gasteiger partial charge in [-0.2, -0.15) is 5.26 Å². The Labute approximate surface area is 114 Å². The van der Waals surface area contributed by atoms with E-state index in [0.717, 1.165) is 10.9 Å². The van der Waals surface area contributed by atoms with E-state index in [-0.39, 0.29) is 5.91 Å². The molecule has 1 rings (SSSR count). The summed E-state index contributed by atoms with van der Waals surface area (Å²) in [4.78, 5) is 11.8. The van der Waals surface area contributed by atoms with E-state index in [1.807, 2.05) is 13.0 Å². The van der Waals surface area contributed by atoms with Crippen LogP contribution in [0.1, 0.15) is 19.8 Å². The Bertz CT molecular complexity index is 456. The van der Waals surface area contributed by atoms with E-state index in [1.54, 1.807) is 18.2 Å². The molecule has 0 saturated carbocycles. The van der Waals surface area contributed by atoms with Gasteiger partial charge in [-0.15, -0.1) is 0 Å². The van der Waals surface area contributed by atoms with Gasteiger partial charge >= 0.3 is 0 Å². The van der Waals surface area contributed by atoms with Crippen LogP contribution in [0, 0.1) is 17.2 Å². The molecule has 1 aromatic carbocycles. The molecule has 0 aliphatic rings. The number of nitrogens with zero attached hydrogens (tertiary/aromatic N) is 1. The first-order valence-corrected chi connectivity index (χ1v) is 6.41. The van der Waals surface area contributed by atoms with Crippen LogP contribution in [0.5, 0.6) is 0 Å². The van der Waals surface area contributed by atoms with Gasteiger partial charge in [0.25, 0.3) is 0 Å². The molecule has 0 aliphatic carbocycles. The Hall–Kier alpha value is -1.05. The molecule has 1 N–H and O–H groups in total. The monoisotopic (exact) mass is 314 g/mol. The maximum Gasteiger partial charge on any atom is 0.241 e. The molecule has 0 aromatic heterocycles. The standard InChI is InChI=1S/C12H12BrClN2O/c1-2-3-8(7-15)12(17)16-11-6-9(14)4-5-10(11)13/h4-6,8H,2-3H2,1H3,(H,16,17). The lowest BCUT2D eigenvalue weighted by Crippen LogP contribution is -2.21. The van der Waals surface area contributed by atoms with Gasteiger partial charge in [0.1, 0.15) is 5.92 Å². The van der Waals surface area contributed by atoms with E-state index in [2.05, 4.69) is 21.2 Å². The number of benzene rings is 1. The van der Waals surface area contributed by atoms with Crippen LogP contribution >= 0.6 is 27.5 Å². The van der Waals surface area contributed by atoms with E-state index in [1.165, 1.54) is 0 Å². The Morgan fingerprint density at radius 1 is 1.65 bits per heavy atom. The summed E-state index contributed by atoms with van der Waals surface area (Å²) in [6, 6.07) is 7.11. The van der Waals surface area contributed by atoms with Crippen molar-refractivity contribution < 1.29 is 4.79 Å². The summed E-state index contributed by atoms with van der Waals surface area (Å²) < 4.78 is 0.739. The number of hydrogen-bond acceptors (Lipinski definition) is 2. The number of anilines is 1. The molecule has 3 nitrogen and oxygen atoms in total. The maximum absolute atomic E-state index is 11.8. The van der Waals surface area contributed by atoms with Crippen LogP contribution in [-0.4, -0.2) is 5.91 Å². The van der Waals surface area contributed by atoms with Gasteiger partial charge in [-0.05, 0) is 40.5 Å². The predicted molar refractivity (Wildman–Crippen MR) is 71.8 cm³/mol. The van der Waals surface area contributed by atoms with Gasteiger partial charge in [-0.3, -0.25) is 4.79 Å². The molecule has 0 heterocycles. The van der Waals surface area contributed by atoms with Gasteiger partial charge in [0.2, 0.25) is 5.91 Å². The number of amides is 1. The van der Waals surface area contributed by atoms with Crippen molar-refractivity contribution >= 4 is 39.1 Å². The molecule has 90 valence electrons. The average Bonchev–Trinajstić information content (AvgIpc) is 2.30. The van der Waals surface area contributed by atoms with E-state index in [9.17, 15) is 4.79 Å². The zero-order valence-corrected chi connectivity index (χ0v) is 11.7. The molecule has 1 amide bonds. The lowest BCUT2D eigenvalue weighted by Gasteiger charge is -2.10. The van der Waals surface area contributed by atoms with Crippen molar-refractivity contribution in [3.63, 3.8) is 0 Å². The van der Waals surface area contributed by atoms with Crippen LogP contribution in [0.4, 0.5) is 5.69 Å². The van der Waals surface area contributed by atoms with Crippen molar-refractivity contribution in [2.75, 3.05) is 5.32 Å². The summed E-state index contributed by atoms with van der Waals surface area (Å²) >= 11 is 9.15. The van der Waals surface area contributed by atoms with Gasteiger partial charge in [-0.1, -0.05) is 24.9 Å². The SMILES string of the molecule is CCCC(C#N)C(=O)Nc1cc(Cl)ccc1Br. The second kappa shape index (κ2) is 6.63. The molecule has 1 atom stereocenters. The lowest BCUT2D eigenvalue weighted by atomic mass is 10.0. The van der Waals surface area contributed by atoms with E-state index >= 15 is 0 Å². The summed E-state index contributed by atoms with van der Waals surface area (Å²) in [5.41, 5.74) is 0.582. The summed E-state index contributed by atoms with van der Waals surface area (Å²) in [5.74, 6) is -0.914. The highest BCUT2D eigenvalue weighted by Crippen LogP contribution is 2.26. The van der Waals surface area contributed by atoms with E-state index < -0.39 is 5.92 Å². The van der Waals surface area contributed by atoms with Gasteiger partial charge in [0.15, 0.2) is 0 Å². The van der Waals surface area contributed by atoms with Gasteiger partial charge in [0.05, 0.1) is 11.8 Å². The van der Waals surface area contributed by atoms with Gasteiger partial charge in [-0.25, -0.2) is 0 Å². The Balaban J connectivity index is 2.80. The molecular formula is C12H12BrClN2O. The first-order valence-electron chi connectivity index (χ1n) is 5.24. The number of hydrogen-bond donors (Lipinski definition) is 1. The van der Waals surface area contributed by atoms with Crippen LogP contribution in [-0.2, 0) is 4.79 Å². The summed E-state index contributed by atoms with van der Waals surface area (Å²) in [6.07, 6.45) is 1.35. The first-order chi connectivity index (χ1) is 8.08. The first kappa shape index (κ1) is 14.0. The fourth-order valence-corrected chi connectivity index (χ4v) is 1.87. The smallest absolute Gasteiger partial charge is 0.241 e. The molecule has 5 heteroatoms. The second-order valence-corrected chi connectivity index (χ2v) is 4.87. The highest BCUT2D eigenvalue weighted by molar-refractivity contribution is 9.10. The minimum atomic E-state index is -0.620. The maximum atomic E-state index is 11.8. The van der Waals surface area contributed by atoms with Crippen molar-refractivity contribution in [1.82, 2.24) is 0 Å². The number of carbonyl (C=O) groups excluding carboxylic acids is 1. The summed E-state index contributed by atoms with van der Waals surface area (Å²) in [5, 5.41) is 12.1. The fraction of sp³-hybridized carbons (Fsp3) is 0.333. The molecule has 0 spiro atoms. The minimum Gasteiger partial charge on any atom is -0.324 e. The molecule has 0 saturated heterocycles. The minimum absolute atomic E-state index is 0.294. The van der Waals surface area contributed by atoms with Crippen LogP contribution in [0.15, 0.2) is 22.7 Å². The molecule has 1 aromatic rings. The molecular weight excluding hydrogens is 304 g/mol. The number of rotatable bonds is 4. The van der Waals surface area contributed by atoms with Crippen molar-refractivity contribution in [2.45, 2.75) is 19.8 Å². The topological polar surface area (TPSA) is 52.9 Å². The van der Waals surface area contributed by atoms with Gasteiger partial charge < -0.3 is 5.32 Å². The highest BCUT2D eigenvalue weighted by atomic mass is 79.9. The van der Waals surface area contributed by atoms with Crippen LogP contribution in [0.25, 0.3) is 0 Å². The summed E-state index contributed by atoms with van der Waals surface area (Å²) in [7, 11) is 0. The lowest BCUT2D eigenvalue weighted by molar-refractivity contribution is -0.118. The molecule has 0 fully saturated rings. The fourth-order valence-electron chi connectivity index (χ4n) is 1.36. The second-order valence-electron chi connectivity index (χ2n) is 3.58. The van der Waals surface area contributed by atoms with E-state index in [4.69, 9.17) is 16.9 Å². The predicted octanol–water partition coefficient (Wildman–Crippen LogP) is 3.98. The average molecular weight is 316 g/mol. The van der Waals surface area contributed by atoms with Crippen LogP contribution in [0.3, 0.4) is 0 Å². The normalized spacial score (nSPS) is 11.6. The summed E-state index contributed by atoms with van der Waals surface area (Å²) in [6.45, 7) is 1.94.